The Morgan fingerprint density at radius 1 is 1.28 bits per heavy atom. The van der Waals surface area contributed by atoms with Crippen LogP contribution in [0.25, 0.3) is 0 Å². The summed E-state index contributed by atoms with van der Waals surface area (Å²) in [6.07, 6.45) is 0. The lowest BCUT2D eigenvalue weighted by Crippen LogP contribution is -2.08. The Balaban J connectivity index is 2.16. The largest absolute Gasteiger partial charge is 0.397 e. The molecule has 0 fully saturated rings. The van der Waals surface area contributed by atoms with E-state index < -0.39 is 0 Å². The number of nitrogen functional groups attached to an aromatic ring is 1. The Hall–Kier alpha value is -1.74. The van der Waals surface area contributed by atoms with E-state index in [1.807, 2.05) is 43.3 Å². The van der Waals surface area contributed by atoms with E-state index in [1.165, 1.54) is 0 Å². The van der Waals surface area contributed by atoms with E-state index in [4.69, 9.17) is 17.3 Å². The first-order valence-electron chi connectivity index (χ1n) is 5.81. The van der Waals surface area contributed by atoms with Gasteiger partial charge in [0.2, 0.25) is 0 Å². The minimum atomic E-state index is 0.138. The molecule has 0 saturated heterocycles. The molecule has 1 unspecified atom stereocenters. The normalized spacial score (nSPS) is 12.2. The molecule has 18 heavy (non-hydrogen) atoms. The third-order valence-electron chi connectivity index (χ3n) is 2.84. The summed E-state index contributed by atoms with van der Waals surface area (Å²) < 4.78 is 0. The fourth-order valence-electron chi connectivity index (χ4n) is 1.73. The monoisotopic (exact) mass is 261 g/mol. The first-order valence-corrected chi connectivity index (χ1v) is 6.19. The third-order valence-corrected chi connectivity index (χ3v) is 3.07. The molecule has 0 spiro atoms. The van der Waals surface area contributed by atoms with Crippen molar-refractivity contribution in [1.29, 1.82) is 0 Å². The fourth-order valence-corrected chi connectivity index (χ4v) is 1.93. The van der Waals surface area contributed by atoms with Crippen LogP contribution in [0.4, 0.5) is 11.5 Å². The maximum atomic E-state index is 5.98. The summed E-state index contributed by atoms with van der Waals surface area (Å²) in [6, 6.07) is 11.7. The van der Waals surface area contributed by atoms with E-state index in [0.717, 1.165) is 22.1 Å². The number of rotatable bonds is 3. The zero-order chi connectivity index (χ0) is 13.1. The number of hydrogen-bond acceptors (Lipinski definition) is 3. The van der Waals surface area contributed by atoms with Gasteiger partial charge in [0.1, 0.15) is 5.82 Å². The predicted octanol–water partition coefficient (Wildman–Crippen LogP) is 3.80. The van der Waals surface area contributed by atoms with Crippen molar-refractivity contribution in [2.45, 2.75) is 19.9 Å². The molecule has 0 aliphatic carbocycles. The van der Waals surface area contributed by atoms with Crippen LogP contribution < -0.4 is 11.1 Å². The van der Waals surface area contributed by atoms with Crippen molar-refractivity contribution in [3.63, 3.8) is 0 Å². The van der Waals surface area contributed by atoms with Crippen molar-refractivity contribution in [1.82, 2.24) is 4.98 Å². The van der Waals surface area contributed by atoms with Gasteiger partial charge in [0.05, 0.1) is 11.4 Å². The van der Waals surface area contributed by atoms with Crippen LogP contribution >= 0.6 is 11.6 Å². The Morgan fingerprint density at radius 2 is 2.06 bits per heavy atom. The van der Waals surface area contributed by atoms with Gasteiger partial charge < -0.3 is 11.1 Å². The molecule has 94 valence electrons. The van der Waals surface area contributed by atoms with Crippen molar-refractivity contribution >= 4 is 23.1 Å². The second-order valence-electron chi connectivity index (χ2n) is 4.29. The van der Waals surface area contributed by atoms with Gasteiger partial charge in [-0.2, -0.15) is 0 Å². The lowest BCUT2D eigenvalue weighted by Gasteiger charge is -2.16. The molecule has 1 atom stereocenters. The maximum absolute atomic E-state index is 5.98. The lowest BCUT2D eigenvalue weighted by molar-refractivity contribution is 0.873. The Bertz CT molecular complexity index is 554. The molecule has 1 heterocycles. The van der Waals surface area contributed by atoms with Crippen LogP contribution in [0.15, 0.2) is 36.4 Å². The molecule has 0 bridgehead atoms. The van der Waals surface area contributed by atoms with Crippen LogP contribution in [-0.2, 0) is 0 Å². The summed E-state index contributed by atoms with van der Waals surface area (Å²) in [7, 11) is 0. The minimum absolute atomic E-state index is 0.138. The highest BCUT2D eigenvalue weighted by Crippen LogP contribution is 2.21. The van der Waals surface area contributed by atoms with Crippen molar-refractivity contribution in [3.05, 3.63) is 52.7 Å². The second kappa shape index (κ2) is 5.27. The topological polar surface area (TPSA) is 50.9 Å². The van der Waals surface area contributed by atoms with Crippen LogP contribution in [-0.4, -0.2) is 4.98 Å². The molecule has 2 rings (SSSR count). The second-order valence-corrected chi connectivity index (χ2v) is 4.73. The van der Waals surface area contributed by atoms with Crippen molar-refractivity contribution in [3.8, 4) is 0 Å². The number of nitrogens with zero attached hydrogens (tertiary/aromatic N) is 1. The van der Waals surface area contributed by atoms with Gasteiger partial charge in [-0.15, -0.1) is 0 Å². The first-order chi connectivity index (χ1) is 8.56. The predicted molar refractivity (Wildman–Crippen MR) is 76.9 cm³/mol. The highest BCUT2D eigenvalue weighted by molar-refractivity contribution is 6.30. The molecule has 1 aromatic carbocycles. The van der Waals surface area contributed by atoms with Gasteiger partial charge in [-0.1, -0.05) is 23.7 Å². The Morgan fingerprint density at radius 3 is 2.72 bits per heavy atom. The van der Waals surface area contributed by atoms with Gasteiger partial charge in [-0.05, 0) is 43.7 Å². The Kier molecular flexibility index (Phi) is 3.72. The number of benzene rings is 1. The quantitative estimate of drug-likeness (QED) is 0.884. The first kappa shape index (κ1) is 12.7. The summed E-state index contributed by atoms with van der Waals surface area (Å²) in [4.78, 5) is 4.39. The van der Waals surface area contributed by atoms with Crippen molar-refractivity contribution in [2.24, 2.45) is 0 Å². The van der Waals surface area contributed by atoms with Gasteiger partial charge in [-0.3, -0.25) is 0 Å². The van der Waals surface area contributed by atoms with E-state index in [1.54, 1.807) is 0 Å². The number of pyridine rings is 1. The average molecular weight is 262 g/mol. The number of aryl methyl sites for hydroxylation is 1. The number of nitrogens with one attached hydrogen (secondary N) is 1. The van der Waals surface area contributed by atoms with Gasteiger partial charge >= 0.3 is 0 Å². The molecule has 0 aliphatic rings. The molecule has 3 N–H and O–H groups in total. The van der Waals surface area contributed by atoms with Crippen LogP contribution in [0, 0.1) is 6.92 Å². The zero-order valence-electron chi connectivity index (χ0n) is 10.4. The molecule has 2 aromatic rings. The fraction of sp³-hybridized carbons (Fsp3) is 0.214. The highest BCUT2D eigenvalue weighted by atomic mass is 35.5. The summed E-state index contributed by atoms with van der Waals surface area (Å²) in [5, 5.41) is 4.07. The minimum Gasteiger partial charge on any atom is -0.397 e. The lowest BCUT2D eigenvalue weighted by atomic mass is 10.1. The molecule has 4 heteroatoms. The molecule has 0 radical (unpaired) electrons. The van der Waals surface area contributed by atoms with E-state index in [-0.39, 0.29) is 6.04 Å². The summed E-state index contributed by atoms with van der Waals surface area (Å²) >= 11 is 5.98. The summed E-state index contributed by atoms with van der Waals surface area (Å²) in [6.45, 7) is 3.96. The molecule has 0 saturated carbocycles. The molecular formula is C14H16ClN3. The van der Waals surface area contributed by atoms with Crippen molar-refractivity contribution < 1.29 is 0 Å². The SMILES string of the molecule is Cc1nc(NC(C)c2cccc(Cl)c2)ccc1N. The molecule has 1 aromatic heterocycles. The number of nitrogens with two attached hydrogens (primary N) is 1. The Labute approximate surface area is 112 Å². The summed E-state index contributed by atoms with van der Waals surface area (Å²) in [5.74, 6) is 0.814. The zero-order valence-corrected chi connectivity index (χ0v) is 11.2. The van der Waals surface area contributed by atoms with Gasteiger partial charge in [0.15, 0.2) is 0 Å². The van der Waals surface area contributed by atoms with Gasteiger partial charge in [0.25, 0.3) is 0 Å². The average Bonchev–Trinajstić information content (AvgIpc) is 2.34. The number of halogens is 1. The smallest absolute Gasteiger partial charge is 0.126 e. The van der Waals surface area contributed by atoms with Crippen molar-refractivity contribution in [2.75, 3.05) is 11.1 Å². The molecule has 3 nitrogen and oxygen atoms in total. The molecular weight excluding hydrogens is 246 g/mol. The summed E-state index contributed by atoms with van der Waals surface area (Å²) in [5.41, 5.74) is 8.40. The number of hydrogen-bond donors (Lipinski definition) is 2. The van der Waals surface area contributed by atoms with Crippen LogP contribution in [0.5, 0.6) is 0 Å². The van der Waals surface area contributed by atoms with E-state index in [9.17, 15) is 0 Å². The van der Waals surface area contributed by atoms with Crippen LogP contribution in [0.2, 0.25) is 5.02 Å². The maximum Gasteiger partial charge on any atom is 0.126 e. The standard InChI is InChI=1S/C14H16ClN3/c1-9(11-4-3-5-12(15)8-11)17-14-7-6-13(16)10(2)18-14/h3-9H,16H2,1-2H3,(H,17,18). The third kappa shape index (κ3) is 2.93. The number of aromatic nitrogens is 1. The van der Waals surface area contributed by atoms with Crippen LogP contribution in [0.1, 0.15) is 24.2 Å². The van der Waals surface area contributed by atoms with Crippen LogP contribution in [0.3, 0.4) is 0 Å². The van der Waals surface area contributed by atoms with E-state index in [2.05, 4.69) is 17.2 Å². The highest BCUT2D eigenvalue weighted by Gasteiger charge is 2.07. The molecule has 0 aliphatic heterocycles. The van der Waals surface area contributed by atoms with E-state index >= 15 is 0 Å². The number of anilines is 2. The van der Waals surface area contributed by atoms with Gasteiger partial charge in [0, 0.05) is 11.1 Å². The van der Waals surface area contributed by atoms with Gasteiger partial charge in [-0.25, -0.2) is 4.98 Å². The molecule has 0 amide bonds. The van der Waals surface area contributed by atoms with E-state index in [0.29, 0.717) is 5.69 Å².